The van der Waals surface area contributed by atoms with Crippen LogP contribution in [-0.4, -0.2) is 38.7 Å². The standard InChI is InChI=1S/C16H13N3O5S/c1-24-16(21)10-6-7-13(20)11(8-10)9-17-18-15-12-4-2-3-5-14(12)25(22,23)19-15/h2-9,20H,1H3,(H,18,19)/b17-9+. The van der Waals surface area contributed by atoms with Gasteiger partial charge in [0.15, 0.2) is 5.84 Å². The Balaban J connectivity index is 1.85. The maximum absolute atomic E-state index is 11.9. The summed E-state index contributed by atoms with van der Waals surface area (Å²) in [7, 11) is -2.49. The number of esters is 1. The Morgan fingerprint density at radius 2 is 2.04 bits per heavy atom. The largest absolute Gasteiger partial charge is 0.507 e. The van der Waals surface area contributed by atoms with Crippen molar-refractivity contribution < 1.29 is 23.1 Å². The monoisotopic (exact) mass is 359 g/mol. The predicted molar refractivity (Wildman–Crippen MR) is 90.3 cm³/mol. The fourth-order valence-electron chi connectivity index (χ4n) is 2.25. The zero-order chi connectivity index (χ0) is 18.0. The van der Waals surface area contributed by atoms with Crippen molar-refractivity contribution in [2.45, 2.75) is 4.90 Å². The Kier molecular flexibility index (Phi) is 4.24. The van der Waals surface area contributed by atoms with Gasteiger partial charge in [0, 0.05) is 11.1 Å². The summed E-state index contributed by atoms with van der Waals surface area (Å²) in [5.41, 5.74) is 3.45. The van der Waals surface area contributed by atoms with Crippen LogP contribution < -0.4 is 5.43 Å². The number of phenols is 1. The van der Waals surface area contributed by atoms with Gasteiger partial charge in [-0.2, -0.15) is 13.5 Å². The second kappa shape index (κ2) is 6.36. The summed E-state index contributed by atoms with van der Waals surface area (Å²) in [5, 5.41) is 13.7. The van der Waals surface area contributed by atoms with Crippen LogP contribution in [0, 0.1) is 0 Å². The fraction of sp³-hybridized carbons (Fsp3) is 0.0625. The first-order chi connectivity index (χ1) is 11.9. The van der Waals surface area contributed by atoms with Crippen LogP contribution in [0.2, 0.25) is 0 Å². The van der Waals surface area contributed by atoms with Crippen molar-refractivity contribution in [3.63, 3.8) is 0 Å². The summed E-state index contributed by atoms with van der Waals surface area (Å²) >= 11 is 0. The van der Waals surface area contributed by atoms with Gasteiger partial charge in [0.2, 0.25) is 0 Å². The van der Waals surface area contributed by atoms with Crippen molar-refractivity contribution in [2.75, 3.05) is 7.11 Å². The number of fused-ring (bicyclic) bond motifs is 1. The number of ether oxygens (including phenoxy) is 1. The molecule has 0 unspecified atom stereocenters. The summed E-state index contributed by atoms with van der Waals surface area (Å²) in [6, 6.07) is 10.5. The highest BCUT2D eigenvalue weighted by atomic mass is 32.2. The van der Waals surface area contributed by atoms with Gasteiger partial charge < -0.3 is 9.84 Å². The number of rotatable bonds is 3. The van der Waals surface area contributed by atoms with Crippen LogP contribution in [0.25, 0.3) is 0 Å². The molecule has 0 radical (unpaired) electrons. The number of methoxy groups -OCH3 is 1. The van der Waals surface area contributed by atoms with Crippen molar-refractivity contribution in [3.05, 3.63) is 59.2 Å². The van der Waals surface area contributed by atoms with Crippen LogP contribution in [0.15, 0.2) is 56.9 Å². The Morgan fingerprint density at radius 3 is 2.80 bits per heavy atom. The lowest BCUT2D eigenvalue weighted by atomic mass is 10.1. The smallest absolute Gasteiger partial charge is 0.337 e. The molecule has 0 aliphatic carbocycles. The molecule has 9 heteroatoms. The number of nitrogens with zero attached hydrogens (tertiary/aromatic N) is 2. The zero-order valence-electron chi connectivity index (χ0n) is 13.0. The van der Waals surface area contributed by atoms with E-state index in [2.05, 4.69) is 19.7 Å². The van der Waals surface area contributed by atoms with E-state index in [0.717, 1.165) is 0 Å². The van der Waals surface area contributed by atoms with Crippen molar-refractivity contribution in [1.82, 2.24) is 5.43 Å². The van der Waals surface area contributed by atoms with Crippen LogP contribution in [0.1, 0.15) is 21.5 Å². The number of sulfonamides is 1. The van der Waals surface area contributed by atoms with E-state index in [1.54, 1.807) is 18.2 Å². The third-order valence-electron chi connectivity index (χ3n) is 3.45. The van der Waals surface area contributed by atoms with Gasteiger partial charge in [-0.05, 0) is 30.3 Å². The van der Waals surface area contributed by atoms with Crippen LogP contribution in [0.4, 0.5) is 0 Å². The van der Waals surface area contributed by atoms with Gasteiger partial charge in [0.05, 0.1) is 18.9 Å². The lowest BCUT2D eigenvalue weighted by Crippen LogP contribution is -2.17. The molecule has 2 N–H and O–H groups in total. The summed E-state index contributed by atoms with van der Waals surface area (Å²) in [4.78, 5) is 11.6. The van der Waals surface area contributed by atoms with Crippen LogP contribution in [0.5, 0.6) is 5.75 Å². The number of carbonyl (C=O) groups excluding carboxylic acids is 1. The summed E-state index contributed by atoms with van der Waals surface area (Å²) < 4.78 is 32.1. The van der Waals surface area contributed by atoms with E-state index >= 15 is 0 Å². The van der Waals surface area contributed by atoms with E-state index in [4.69, 9.17) is 0 Å². The lowest BCUT2D eigenvalue weighted by Gasteiger charge is -2.03. The van der Waals surface area contributed by atoms with Crippen LogP contribution in [-0.2, 0) is 14.8 Å². The van der Waals surface area contributed by atoms with Gasteiger partial charge in [0.1, 0.15) is 10.6 Å². The topological polar surface area (TPSA) is 117 Å². The third kappa shape index (κ3) is 3.22. The van der Waals surface area contributed by atoms with Gasteiger partial charge in [-0.15, -0.1) is 4.40 Å². The molecule has 25 heavy (non-hydrogen) atoms. The van der Waals surface area contributed by atoms with E-state index in [9.17, 15) is 18.3 Å². The Labute approximate surface area is 143 Å². The molecule has 1 aliphatic rings. The summed E-state index contributed by atoms with van der Waals surface area (Å²) in [6.45, 7) is 0. The first-order valence-corrected chi connectivity index (χ1v) is 8.51. The molecule has 0 aromatic heterocycles. The number of aromatic hydroxyl groups is 1. The van der Waals surface area contributed by atoms with Gasteiger partial charge in [-0.1, -0.05) is 12.1 Å². The minimum absolute atomic E-state index is 0.0791. The number of hydrazone groups is 1. The van der Waals surface area contributed by atoms with Gasteiger partial charge in [-0.25, -0.2) is 4.79 Å². The molecule has 2 aromatic rings. The quantitative estimate of drug-likeness (QED) is 0.484. The molecule has 0 atom stereocenters. The second-order valence-electron chi connectivity index (χ2n) is 5.05. The number of benzene rings is 2. The molecule has 0 fully saturated rings. The number of carbonyl (C=O) groups is 1. The molecule has 0 saturated carbocycles. The second-order valence-corrected chi connectivity index (χ2v) is 6.62. The molecule has 0 amide bonds. The average Bonchev–Trinajstić information content (AvgIpc) is 2.87. The lowest BCUT2D eigenvalue weighted by molar-refractivity contribution is 0.0600. The molecule has 1 heterocycles. The fourth-order valence-corrected chi connectivity index (χ4v) is 3.42. The first kappa shape index (κ1) is 16.7. The normalized spacial score (nSPS) is 14.8. The van der Waals surface area contributed by atoms with Crippen LogP contribution in [0.3, 0.4) is 0 Å². The van der Waals surface area contributed by atoms with Gasteiger partial charge in [-0.3, -0.25) is 5.43 Å². The van der Waals surface area contributed by atoms with Gasteiger partial charge >= 0.3 is 5.97 Å². The van der Waals surface area contributed by atoms with E-state index in [0.29, 0.717) is 5.56 Å². The molecule has 0 bridgehead atoms. The number of hydrogen-bond donors (Lipinski definition) is 2. The van der Waals surface area contributed by atoms with Crippen molar-refractivity contribution >= 4 is 28.0 Å². The van der Waals surface area contributed by atoms with Crippen molar-refractivity contribution in [2.24, 2.45) is 9.50 Å². The molecule has 0 spiro atoms. The zero-order valence-corrected chi connectivity index (χ0v) is 13.8. The Bertz CT molecular complexity index is 1010. The minimum Gasteiger partial charge on any atom is -0.507 e. The highest BCUT2D eigenvalue weighted by Gasteiger charge is 2.28. The van der Waals surface area contributed by atoms with E-state index in [-0.39, 0.29) is 27.6 Å². The van der Waals surface area contributed by atoms with E-state index in [1.807, 2.05) is 0 Å². The summed E-state index contributed by atoms with van der Waals surface area (Å²) in [6.07, 6.45) is 1.25. The number of amidine groups is 1. The Hall–Kier alpha value is -3.20. The predicted octanol–water partition coefficient (Wildman–Crippen LogP) is 1.25. The van der Waals surface area contributed by atoms with Gasteiger partial charge in [0.25, 0.3) is 10.0 Å². The molecule has 3 rings (SSSR count). The third-order valence-corrected chi connectivity index (χ3v) is 4.79. The SMILES string of the molecule is COC(=O)c1ccc(O)c(/C=N/NC2=NS(=O)(=O)c3ccccc32)c1. The van der Waals surface area contributed by atoms with Crippen LogP contribution >= 0.6 is 0 Å². The molecule has 1 aliphatic heterocycles. The first-order valence-electron chi connectivity index (χ1n) is 7.07. The molecule has 0 saturated heterocycles. The minimum atomic E-state index is -3.74. The number of phenolic OH excluding ortho intramolecular Hbond substituents is 1. The van der Waals surface area contributed by atoms with E-state index in [1.165, 1.54) is 37.6 Å². The highest BCUT2D eigenvalue weighted by Crippen LogP contribution is 2.24. The maximum atomic E-state index is 11.9. The maximum Gasteiger partial charge on any atom is 0.337 e. The highest BCUT2D eigenvalue weighted by molar-refractivity contribution is 7.90. The van der Waals surface area contributed by atoms with Crippen molar-refractivity contribution in [3.8, 4) is 5.75 Å². The Morgan fingerprint density at radius 1 is 1.28 bits per heavy atom. The molecular weight excluding hydrogens is 346 g/mol. The molecule has 2 aromatic carbocycles. The number of nitrogens with one attached hydrogen (secondary N) is 1. The number of hydrogen-bond acceptors (Lipinski definition) is 7. The molecule has 8 nitrogen and oxygen atoms in total. The summed E-state index contributed by atoms with van der Waals surface area (Å²) in [5.74, 6) is -0.571. The average molecular weight is 359 g/mol. The molecule has 128 valence electrons. The van der Waals surface area contributed by atoms with Crippen molar-refractivity contribution in [1.29, 1.82) is 0 Å². The molecular formula is C16H13N3O5S. The van der Waals surface area contributed by atoms with E-state index < -0.39 is 16.0 Å².